The summed E-state index contributed by atoms with van der Waals surface area (Å²) < 4.78 is 2.43. The molecule has 1 aliphatic heterocycles. The lowest BCUT2D eigenvalue weighted by Crippen LogP contribution is -2.32. The number of aromatic nitrogens is 1. The Labute approximate surface area is 258 Å². The van der Waals surface area contributed by atoms with Crippen molar-refractivity contribution < 1.29 is 0 Å². The lowest BCUT2D eigenvalue weighted by molar-refractivity contribution is 0.627. The van der Waals surface area contributed by atoms with E-state index in [-0.39, 0.29) is 10.8 Å². The Morgan fingerprint density at radius 3 is 1.80 bits per heavy atom. The number of nitrogens with zero attached hydrogens (tertiary/aromatic N) is 2. The van der Waals surface area contributed by atoms with E-state index in [2.05, 4.69) is 171 Å². The number of hydrogen-bond donors (Lipinski definition) is 0. The minimum atomic E-state index is -0.214. The molecule has 1 aliphatic carbocycles. The van der Waals surface area contributed by atoms with Crippen LogP contribution in [0.3, 0.4) is 0 Å². The minimum Gasteiger partial charge on any atom is -0.310 e. The summed E-state index contributed by atoms with van der Waals surface area (Å²) in [7, 11) is 0. The Morgan fingerprint density at radius 1 is 0.455 bits per heavy atom. The predicted octanol–water partition coefficient (Wildman–Crippen LogP) is 11.2. The molecule has 1 aromatic heterocycles. The zero-order valence-corrected chi connectivity index (χ0v) is 25.6. The van der Waals surface area contributed by atoms with Crippen LogP contribution >= 0.6 is 0 Å². The predicted molar refractivity (Wildman–Crippen MR) is 185 cm³/mol. The second-order valence-electron chi connectivity index (χ2n) is 13.4. The molecule has 0 bridgehead atoms. The maximum Gasteiger partial charge on any atom is 0.0541 e. The highest BCUT2D eigenvalue weighted by Gasteiger charge is 2.45. The van der Waals surface area contributed by atoms with Gasteiger partial charge in [0.1, 0.15) is 0 Å². The molecule has 212 valence electrons. The molecule has 0 saturated heterocycles. The Balaban J connectivity index is 1.36. The normalized spacial score (nSPS) is 15.6. The Bertz CT molecular complexity index is 2230. The highest BCUT2D eigenvalue weighted by atomic mass is 15.2. The molecular formula is C42H34N2. The molecule has 0 atom stereocenters. The van der Waals surface area contributed by atoms with Crippen LogP contribution in [0.2, 0.25) is 0 Å². The molecule has 2 heteroatoms. The van der Waals surface area contributed by atoms with Crippen molar-refractivity contribution in [2.75, 3.05) is 4.90 Å². The third-order valence-corrected chi connectivity index (χ3v) is 10.3. The van der Waals surface area contributed by atoms with Gasteiger partial charge < -0.3 is 9.47 Å². The first-order chi connectivity index (χ1) is 21.4. The van der Waals surface area contributed by atoms with Gasteiger partial charge in [-0.3, -0.25) is 0 Å². The maximum absolute atomic E-state index is 2.50. The SMILES string of the molecule is CC1(C)c2ccccc2-c2c1ccc1c2C(C)(C)c2ccc(-n3c4ccccc4c4ccccc43)cc2N1c1ccccc1. The highest BCUT2D eigenvalue weighted by molar-refractivity contribution is 6.09. The molecule has 7 aromatic rings. The molecule has 9 rings (SSSR count). The zero-order valence-electron chi connectivity index (χ0n) is 25.6. The van der Waals surface area contributed by atoms with Crippen molar-refractivity contribution in [2.45, 2.75) is 38.5 Å². The van der Waals surface area contributed by atoms with Crippen LogP contribution in [0, 0.1) is 0 Å². The van der Waals surface area contributed by atoms with Gasteiger partial charge in [-0.15, -0.1) is 0 Å². The van der Waals surface area contributed by atoms with E-state index < -0.39 is 0 Å². The molecule has 2 aliphatic rings. The molecule has 6 aromatic carbocycles. The van der Waals surface area contributed by atoms with Gasteiger partial charge in [0, 0.05) is 33.0 Å². The first-order valence-corrected chi connectivity index (χ1v) is 15.6. The molecule has 0 amide bonds. The number of fused-ring (bicyclic) bond motifs is 9. The molecule has 0 spiro atoms. The van der Waals surface area contributed by atoms with E-state index in [1.165, 1.54) is 77.9 Å². The fraction of sp³-hybridized carbons (Fsp3) is 0.143. The molecule has 0 unspecified atom stereocenters. The van der Waals surface area contributed by atoms with Gasteiger partial charge in [-0.2, -0.15) is 0 Å². The van der Waals surface area contributed by atoms with Crippen LogP contribution in [-0.2, 0) is 10.8 Å². The van der Waals surface area contributed by atoms with Crippen molar-refractivity contribution in [3.8, 4) is 16.8 Å². The fourth-order valence-electron chi connectivity index (χ4n) is 8.30. The summed E-state index contributed by atoms with van der Waals surface area (Å²) in [6.45, 7) is 9.59. The molecular weight excluding hydrogens is 532 g/mol. The third kappa shape index (κ3) is 3.20. The van der Waals surface area contributed by atoms with Gasteiger partial charge in [-0.25, -0.2) is 0 Å². The van der Waals surface area contributed by atoms with Gasteiger partial charge in [0.05, 0.1) is 22.4 Å². The number of rotatable bonds is 2. The third-order valence-electron chi connectivity index (χ3n) is 10.3. The largest absolute Gasteiger partial charge is 0.310 e. The van der Waals surface area contributed by atoms with Crippen molar-refractivity contribution in [1.82, 2.24) is 4.57 Å². The standard InChI is InChI=1S/C42H34N2/c1-41(2)32-19-11-8-18-31(32)39-34(41)24-25-37-40(39)42(3,4)33-23-22-28(26-38(33)43(37)27-14-6-5-7-15-27)44-35-20-12-9-16-29(35)30-17-10-13-21-36(30)44/h5-26H,1-4H3. The van der Waals surface area contributed by atoms with Crippen molar-refractivity contribution >= 4 is 38.9 Å². The van der Waals surface area contributed by atoms with Crippen LogP contribution in [0.15, 0.2) is 133 Å². The van der Waals surface area contributed by atoms with Gasteiger partial charge in [0.15, 0.2) is 0 Å². The summed E-state index contributed by atoms with van der Waals surface area (Å²) in [5.74, 6) is 0. The van der Waals surface area contributed by atoms with E-state index in [9.17, 15) is 0 Å². The monoisotopic (exact) mass is 566 g/mol. The zero-order chi connectivity index (χ0) is 29.8. The molecule has 0 fully saturated rings. The first kappa shape index (κ1) is 25.4. The highest BCUT2D eigenvalue weighted by Crippen LogP contribution is 2.60. The second-order valence-corrected chi connectivity index (χ2v) is 13.4. The van der Waals surface area contributed by atoms with Crippen molar-refractivity contribution in [1.29, 1.82) is 0 Å². The summed E-state index contributed by atoms with van der Waals surface area (Å²) in [5.41, 5.74) is 15.4. The van der Waals surface area contributed by atoms with E-state index in [1.807, 2.05) is 0 Å². The summed E-state index contributed by atoms with van der Waals surface area (Å²) in [6, 6.07) is 49.3. The lowest BCUT2D eigenvalue weighted by Gasteiger charge is -2.43. The fourth-order valence-corrected chi connectivity index (χ4v) is 8.30. The van der Waals surface area contributed by atoms with Crippen molar-refractivity contribution in [2.24, 2.45) is 0 Å². The van der Waals surface area contributed by atoms with Crippen LogP contribution < -0.4 is 4.90 Å². The van der Waals surface area contributed by atoms with Crippen molar-refractivity contribution in [3.05, 3.63) is 156 Å². The first-order valence-electron chi connectivity index (χ1n) is 15.6. The van der Waals surface area contributed by atoms with Crippen LogP contribution in [-0.4, -0.2) is 4.57 Å². The minimum absolute atomic E-state index is 0.0463. The van der Waals surface area contributed by atoms with Crippen molar-refractivity contribution in [3.63, 3.8) is 0 Å². The Kier molecular flexibility index (Phi) is 5.05. The smallest absolute Gasteiger partial charge is 0.0541 e. The topological polar surface area (TPSA) is 8.17 Å². The molecule has 2 heterocycles. The van der Waals surface area contributed by atoms with E-state index in [4.69, 9.17) is 0 Å². The molecule has 0 N–H and O–H groups in total. The molecule has 0 radical (unpaired) electrons. The Morgan fingerprint density at radius 2 is 1.07 bits per heavy atom. The second kappa shape index (κ2) is 8.74. The average molecular weight is 567 g/mol. The summed E-state index contributed by atoms with van der Waals surface area (Å²) in [5, 5.41) is 2.56. The Hall–Kier alpha value is -5.08. The van der Waals surface area contributed by atoms with E-state index in [0.717, 1.165) is 0 Å². The number of para-hydroxylation sites is 3. The maximum atomic E-state index is 2.50. The van der Waals surface area contributed by atoms with E-state index >= 15 is 0 Å². The van der Waals surface area contributed by atoms with E-state index in [1.54, 1.807) is 0 Å². The van der Waals surface area contributed by atoms with E-state index in [0.29, 0.717) is 0 Å². The number of benzene rings is 6. The molecule has 0 saturated carbocycles. The number of hydrogen-bond acceptors (Lipinski definition) is 1. The van der Waals surface area contributed by atoms with Gasteiger partial charge in [-0.1, -0.05) is 119 Å². The average Bonchev–Trinajstić information content (AvgIpc) is 3.50. The van der Waals surface area contributed by atoms with Gasteiger partial charge in [0.2, 0.25) is 0 Å². The molecule has 2 nitrogen and oxygen atoms in total. The summed E-state index contributed by atoms with van der Waals surface area (Å²) >= 11 is 0. The molecule has 44 heavy (non-hydrogen) atoms. The van der Waals surface area contributed by atoms with Crippen LogP contribution in [0.25, 0.3) is 38.6 Å². The van der Waals surface area contributed by atoms with Gasteiger partial charge in [0.25, 0.3) is 0 Å². The van der Waals surface area contributed by atoms with Crippen LogP contribution in [0.4, 0.5) is 17.1 Å². The van der Waals surface area contributed by atoms with Gasteiger partial charge in [-0.05, 0) is 75.8 Å². The quantitative estimate of drug-likeness (QED) is 0.202. The van der Waals surface area contributed by atoms with Crippen LogP contribution in [0.5, 0.6) is 0 Å². The summed E-state index contributed by atoms with van der Waals surface area (Å²) in [6.07, 6.45) is 0. The number of anilines is 3. The summed E-state index contributed by atoms with van der Waals surface area (Å²) in [4.78, 5) is 2.50. The lowest BCUT2D eigenvalue weighted by atomic mass is 9.70. The van der Waals surface area contributed by atoms with Crippen LogP contribution in [0.1, 0.15) is 49.9 Å². The van der Waals surface area contributed by atoms with Gasteiger partial charge >= 0.3 is 0 Å².